The predicted molar refractivity (Wildman–Crippen MR) is 67.3 cm³/mol. The molecule has 0 aliphatic heterocycles. The van der Waals surface area contributed by atoms with Crippen LogP contribution in [0.15, 0.2) is 18.2 Å². The van der Waals surface area contributed by atoms with Crippen LogP contribution in [0.4, 0.5) is 5.69 Å². The quantitative estimate of drug-likeness (QED) is 0.657. The molecule has 7 nitrogen and oxygen atoms in total. The van der Waals surface area contributed by atoms with E-state index < -0.39 is 29.0 Å². The molecule has 0 heterocycles. The summed E-state index contributed by atoms with van der Waals surface area (Å²) >= 11 is 5.64. The fraction of sp³-hybridized carbons (Fsp3) is 0.273. The van der Waals surface area contributed by atoms with E-state index in [1.54, 1.807) is 6.92 Å². The standard InChI is InChI=1S/C11H11ClN2O5/c1-2-13(6-10(15)16)11(17)8-4-3-7(12)5-9(8)14(18)19/h3-5H,2,6H2,1H3,(H,15,16). The molecule has 19 heavy (non-hydrogen) atoms. The maximum absolute atomic E-state index is 12.1. The van der Waals surface area contributed by atoms with Gasteiger partial charge in [-0.3, -0.25) is 19.7 Å². The van der Waals surface area contributed by atoms with Crippen LogP contribution in [-0.4, -0.2) is 39.9 Å². The number of hydrogen-bond acceptors (Lipinski definition) is 4. The van der Waals surface area contributed by atoms with Gasteiger partial charge in [-0.25, -0.2) is 0 Å². The number of carboxylic acid groups (broad SMARTS) is 1. The van der Waals surface area contributed by atoms with E-state index in [0.29, 0.717) is 0 Å². The Morgan fingerprint density at radius 3 is 2.58 bits per heavy atom. The van der Waals surface area contributed by atoms with Crippen LogP contribution in [0.25, 0.3) is 0 Å². The summed E-state index contributed by atoms with van der Waals surface area (Å²) < 4.78 is 0. The smallest absolute Gasteiger partial charge is 0.323 e. The largest absolute Gasteiger partial charge is 0.480 e. The third kappa shape index (κ3) is 3.65. The molecule has 1 amide bonds. The lowest BCUT2D eigenvalue weighted by Crippen LogP contribution is -2.35. The summed E-state index contributed by atoms with van der Waals surface area (Å²) in [5, 5.41) is 19.7. The molecule has 0 saturated heterocycles. The normalized spacial score (nSPS) is 10.0. The number of carboxylic acids is 1. The third-order valence-corrected chi connectivity index (χ3v) is 2.62. The van der Waals surface area contributed by atoms with Gasteiger partial charge < -0.3 is 10.0 Å². The van der Waals surface area contributed by atoms with Crippen LogP contribution in [0.5, 0.6) is 0 Å². The summed E-state index contributed by atoms with van der Waals surface area (Å²) in [7, 11) is 0. The number of benzene rings is 1. The minimum Gasteiger partial charge on any atom is -0.480 e. The summed E-state index contributed by atoms with van der Waals surface area (Å²) in [5.74, 6) is -1.90. The number of hydrogen-bond donors (Lipinski definition) is 1. The van der Waals surface area contributed by atoms with Crippen molar-refractivity contribution in [1.82, 2.24) is 4.90 Å². The highest BCUT2D eigenvalue weighted by Gasteiger charge is 2.25. The summed E-state index contributed by atoms with van der Waals surface area (Å²) in [6, 6.07) is 3.62. The molecular weight excluding hydrogens is 276 g/mol. The Labute approximate surface area is 113 Å². The molecule has 0 saturated carbocycles. The first-order valence-electron chi connectivity index (χ1n) is 5.31. The molecule has 0 aliphatic carbocycles. The summed E-state index contributed by atoms with van der Waals surface area (Å²) in [5.41, 5.74) is -0.626. The first-order chi connectivity index (χ1) is 8.86. The predicted octanol–water partition coefficient (Wildman–Crippen LogP) is 1.79. The van der Waals surface area contributed by atoms with Crippen LogP contribution in [0, 0.1) is 10.1 Å². The Bertz CT molecular complexity index is 532. The third-order valence-electron chi connectivity index (χ3n) is 2.38. The fourth-order valence-electron chi connectivity index (χ4n) is 1.50. The van der Waals surface area contributed by atoms with Crippen molar-refractivity contribution in [3.8, 4) is 0 Å². The monoisotopic (exact) mass is 286 g/mol. The zero-order chi connectivity index (χ0) is 14.6. The van der Waals surface area contributed by atoms with Crippen LogP contribution < -0.4 is 0 Å². The van der Waals surface area contributed by atoms with Gasteiger partial charge in [0.25, 0.3) is 11.6 Å². The average molecular weight is 287 g/mol. The highest BCUT2D eigenvalue weighted by molar-refractivity contribution is 6.31. The van der Waals surface area contributed by atoms with Crippen molar-refractivity contribution in [2.45, 2.75) is 6.92 Å². The van der Waals surface area contributed by atoms with E-state index in [9.17, 15) is 19.7 Å². The molecule has 0 aliphatic rings. The molecule has 0 bridgehead atoms. The van der Waals surface area contributed by atoms with Gasteiger partial charge in [0.2, 0.25) is 0 Å². The molecular formula is C11H11ClN2O5. The second-order valence-corrected chi connectivity index (χ2v) is 4.07. The van der Waals surface area contributed by atoms with Gasteiger partial charge >= 0.3 is 5.97 Å². The zero-order valence-electron chi connectivity index (χ0n) is 10.00. The van der Waals surface area contributed by atoms with Crippen LogP contribution in [0.3, 0.4) is 0 Å². The van der Waals surface area contributed by atoms with Gasteiger partial charge in [0, 0.05) is 17.6 Å². The molecule has 1 rings (SSSR count). The minimum absolute atomic E-state index is 0.129. The zero-order valence-corrected chi connectivity index (χ0v) is 10.8. The van der Waals surface area contributed by atoms with Gasteiger partial charge in [-0.1, -0.05) is 11.6 Å². The molecule has 0 spiro atoms. The molecule has 1 aromatic rings. The first-order valence-corrected chi connectivity index (χ1v) is 5.69. The lowest BCUT2D eigenvalue weighted by molar-refractivity contribution is -0.385. The van der Waals surface area contributed by atoms with Crippen molar-refractivity contribution in [2.24, 2.45) is 0 Å². The number of aliphatic carboxylic acids is 1. The number of nitro benzene ring substituents is 1. The Hall–Kier alpha value is -2.15. The number of amides is 1. The topological polar surface area (TPSA) is 101 Å². The van der Waals surface area contributed by atoms with E-state index in [0.717, 1.165) is 11.0 Å². The van der Waals surface area contributed by atoms with E-state index in [1.165, 1.54) is 12.1 Å². The van der Waals surface area contributed by atoms with Crippen LogP contribution in [0.1, 0.15) is 17.3 Å². The van der Waals surface area contributed by atoms with E-state index in [1.807, 2.05) is 0 Å². The van der Waals surface area contributed by atoms with Gasteiger partial charge in [0.1, 0.15) is 12.1 Å². The number of rotatable bonds is 5. The van der Waals surface area contributed by atoms with E-state index in [-0.39, 0.29) is 17.1 Å². The Balaban J connectivity index is 3.17. The Kier molecular flexibility index (Phi) is 4.82. The summed E-state index contributed by atoms with van der Waals surface area (Å²) in [4.78, 5) is 33.8. The molecule has 102 valence electrons. The highest BCUT2D eigenvalue weighted by atomic mass is 35.5. The Morgan fingerprint density at radius 1 is 1.47 bits per heavy atom. The van der Waals surface area contributed by atoms with Crippen molar-refractivity contribution in [2.75, 3.05) is 13.1 Å². The van der Waals surface area contributed by atoms with Gasteiger partial charge in [-0.2, -0.15) is 0 Å². The van der Waals surface area contributed by atoms with Crippen molar-refractivity contribution >= 4 is 29.2 Å². The van der Waals surface area contributed by atoms with Gasteiger partial charge in [-0.05, 0) is 19.1 Å². The molecule has 1 N–H and O–H groups in total. The number of carbonyl (C=O) groups is 2. The van der Waals surface area contributed by atoms with Gasteiger partial charge in [0.15, 0.2) is 0 Å². The molecule has 0 aromatic heterocycles. The molecule has 0 atom stereocenters. The maximum Gasteiger partial charge on any atom is 0.323 e. The second kappa shape index (κ2) is 6.14. The highest BCUT2D eigenvalue weighted by Crippen LogP contribution is 2.24. The van der Waals surface area contributed by atoms with Gasteiger partial charge in [0.05, 0.1) is 4.92 Å². The van der Waals surface area contributed by atoms with E-state index in [4.69, 9.17) is 16.7 Å². The number of nitro groups is 1. The van der Waals surface area contributed by atoms with Crippen molar-refractivity contribution in [3.05, 3.63) is 38.9 Å². The molecule has 1 aromatic carbocycles. The minimum atomic E-state index is -1.19. The second-order valence-electron chi connectivity index (χ2n) is 3.63. The number of likely N-dealkylation sites (N-methyl/N-ethyl adjacent to an activating group) is 1. The van der Waals surface area contributed by atoms with E-state index >= 15 is 0 Å². The molecule has 0 unspecified atom stereocenters. The SMILES string of the molecule is CCN(CC(=O)O)C(=O)c1ccc(Cl)cc1[N+](=O)[O-]. The maximum atomic E-state index is 12.1. The van der Waals surface area contributed by atoms with Crippen LogP contribution in [0.2, 0.25) is 5.02 Å². The summed E-state index contributed by atoms with van der Waals surface area (Å²) in [6.45, 7) is 1.20. The van der Waals surface area contributed by atoms with Crippen molar-refractivity contribution < 1.29 is 19.6 Å². The fourth-order valence-corrected chi connectivity index (χ4v) is 1.66. The number of carbonyl (C=O) groups excluding carboxylic acids is 1. The lowest BCUT2D eigenvalue weighted by atomic mass is 10.1. The van der Waals surface area contributed by atoms with Crippen LogP contribution >= 0.6 is 11.6 Å². The molecule has 8 heteroatoms. The number of halogens is 1. The van der Waals surface area contributed by atoms with Crippen molar-refractivity contribution in [3.63, 3.8) is 0 Å². The van der Waals surface area contributed by atoms with Crippen LogP contribution in [-0.2, 0) is 4.79 Å². The first kappa shape index (κ1) is 14.9. The van der Waals surface area contributed by atoms with E-state index in [2.05, 4.69) is 0 Å². The molecule has 0 radical (unpaired) electrons. The van der Waals surface area contributed by atoms with Crippen molar-refractivity contribution in [1.29, 1.82) is 0 Å². The van der Waals surface area contributed by atoms with Gasteiger partial charge in [-0.15, -0.1) is 0 Å². The average Bonchev–Trinajstić information content (AvgIpc) is 2.34. The molecule has 0 fully saturated rings. The Morgan fingerprint density at radius 2 is 2.11 bits per heavy atom. The number of nitrogens with zero attached hydrogens (tertiary/aromatic N) is 2. The lowest BCUT2D eigenvalue weighted by Gasteiger charge is -2.18. The summed E-state index contributed by atoms with van der Waals surface area (Å²) in [6.07, 6.45) is 0.